The van der Waals surface area contributed by atoms with Gasteiger partial charge < -0.3 is 5.11 Å². The summed E-state index contributed by atoms with van der Waals surface area (Å²) in [6, 6.07) is 0. The summed E-state index contributed by atoms with van der Waals surface area (Å²) in [5.74, 6) is -10.5. The summed E-state index contributed by atoms with van der Waals surface area (Å²) in [5.41, 5.74) is 0. The van der Waals surface area contributed by atoms with E-state index in [-0.39, 0.29) is 0 Å². The summed E-state index contributed by atoms with van der Waals surface area (Å²) in [6.07, 6.45) is -8.00. The Hall–Kier alpha value is -1.21. The molecule has 0 aliphatic carbocycles. The van der Waals surface area contributed by atoms with E-state index in [9.17, 15) is 31.5 Å². The van der Waals surface area contributed by atoms with Crippen LogP contribution in [0.5, 0.6) is 0 Å². The van der Waals surface area contributed by atoms with E-state index < -0.39 is 36.2 Å². The Bertz CT molecular complexity index is 270. The van der Waals surface area contributed by atoms with Gasteiger partial charge in [0.05, 0.1) is 6.42 Å². The molecule has 0 heterocycles. The molecule has 0 radical (unpaired) electrons. The molecule has 0 fully saturated rings. The number of aliphatic carboxylic acids is 1. The summed E-state index contributed by atoms with van der Waals surface area (Å²) in [6.45, 7) is 0.747. The molecule has 88 valence electrons. The van der Waals surface area contributed by atoms with Crippen LogP contribution in [0.3, 0.4) is 0 Å². The molecule has 0 aromatic heterocycles. The lowest BCUT2D eigenvalue weighted by Gasteiger charge is -2.19. The van der Waals surface area contributed by atoms with Crippen molar-refractivity contribution < 1.29 is 36.6 Å². The smallest absolute Gasteiger partial charge is 0.453 e. The second-order valence-corrected chi connectivity index (χ2v) is 2.91. The quantitative estimate of drug-likeness (QED) is 0.596. The molecule has 0 saturated carbocycles. The van der Waals surface area contributed by atoms with Crippen LogP contribution < -0.4 is 0 Å². The molecule has 0 aromatic carbocycles. The van der Waals surface area contributed by atoms with Gasteiger partial charge in [-0.2, -0.15) is 22.0 Å². The average Bonchev–Trinajstić information content (AvgIpc) is 1.99. The number of hydrogen-bond donors (Lipinski definition) is 1. The molecule has 0 aliphatic heterocycles. The van der Waals surface area contributed by atoms with Crippen molar-refractivity contribution in [2.45, 2.75) is 25.4 Å². The van der Waals surface area contributed by atoms with Gasteiger partial charge in [0.25, 0.3) is 0 Å². The molecule has 0 rings (SSSR count). The molecule has 0 saturated heterocycles. The highest BCUT2D eigenvalue weighted by molar-refractivity contribution is 5.98. The number of carboxylic acid groups (broad SMARTS) is 1. The van der Waals surface area contributed by atoms with Crippen LogP contribution in [0.2, 0.25) is 0 Å². The Morgan fingerprint density at radius 2 is 1.60 bits per heavy atom. The molecular weight excluding hydrogens is 227 g/mol. The molecule has 0 bridgehead atoms. The maximum absolute atomic E-state index is 12.3. The minimum atomic E-state index is -5.85. The van der Waals surface area contributed by atoms with Crippen molar-refractivity contribution in [3.63, 3.8) is 0 Å². The van der Waals surface area contributed by atoms with Crippen molar-refractivity contribution in [2.24, 2.45) is 5.92 Å². The number of carbonyl (C=O) groups excluding carboxylic acids is 1. The third-order valence-corrected chi connectivity index (χ3v) is 1.66. The Balaban J connectivity index is 4.62. The summed E-state index contributed by atoms with van der Waals surface area (Å²) >= 11 is 0. The number of carboxylic acids is 1. The number of alkyl halides is 5. The first-order chi connectivity index (χ1) is 6.49. The van der Waals surface area contributed by atoms with Crippen LogP contribution in [0.25, 0.3) is 0 Å². The van der Waals surface area contributed by atoms with Crippen molar-refractivity contribution in [3.05, 3.63) is 0 Å². The van der Waals surface area contributed by atoms with Gasteiger partial charge in [0.1, 0.15) is 5.92 Å². The van der Waals surface area contributed by atoms with E-state index in [4.69, 9.17) is 5.11 Å². The largest absolute Gasteiger partial charge is 0.481 e. The maximum Gasteiger partial charge on any atom is 0.453 e. The van der Waals surface area contributed by atoms with Crippen LogP contribution in [0, 0.1) is 5.92 Å². The molecule has 1 N–H and O–H groups in total. The van der Waals surface area contributed by atoms with Gasteiger partial charge in [-0.15, -0.1) is 0 Å². The van der Waals surface area contributed by atoms with E-state index in [0.717, 1.165) is 6.92 Å². The minimum absolute atomic E-state index is 0.747. The molecule has 0 amide bonds. The first kappa shape index (κ1) is 13.8. The third kappa shape index (κ3) is 3.45. The fraction of sp³-hybridized carbons (Fsp3) is 0.714. The number of Topliss-reactive ketones (excluding diaryl/α,β-unsaturated/α-hetero) is 1. The maximum atomic E-state index is 12.3. The number of carbonyl (C=O) groups is 2. The van der Waals surface area contributed by atoms with Crippen molar-refractivity contribution >= 4 is 11.8 Å². The van der Waals surface area contributed by atoms with Gasteiger partial charge in [0.2, 0.25) is 0 Å². The van der Waals surface area contributed by atoms with E-state index >= 15 is 0 Å². The first-order valence-corrected chi connectivity index (χ1v) is 3.69. The van der Waals surface area contributed by atoms with Gasteiger partial charge in [-0.25, -0.2) is 0 Å². The van der Waals surface area contributed by atoms with E-state index in [1.807, 2.05) is 0 Å². The second-order valence-electron chi connectivity index (χ2n) is 2.91. The Labute approximate surface area is 80.9 Å². The zero-order chi connectivity index (χ0) is 12.4. The van der Waals surface area contributed by atoms with Crippen LogP contribution in [0.4, 0.5) is 22.0 Å². The summed E-state index contributed by atoms with van der Waals surface area (Å²) in [4.78, 5) is 20.8. The lowest BCUT2D eigenvalue weighted by Crippen LogP contribution is -2.40. The zero-order valence-corrected chi connectivity index (χ0v) is 7.44. The van der Waals surface area contributed by atoms with Gasteiger partial charge >= 0.3 is 18.1 Å². The van der Waals surface area contributed by atoms with Gasteiger partial charge in [0.15, 0.2) is 5.78 Å². The molecule has 0 aromatic rings. The molecule has 8 heteroatoms. The van der Waals surface area contributed by atoms with E-state index in [2.05, 4.69) is 0 Å². The molecule has 0 aliphatic rings. The molecular formula is C7H7F5O3. The molecule has 15 heavy (non-hydrogen) atoms. The highest BCUT2D eigenvalue weighted by atomic mass is 19.4. The molecule has 0 spiro atoms. The van der Waals surface area contributed by atoms with Gasteiger partial charge in [-0.05, 0) is 6.92 Å². The Kier molecular flexibility index (Phi) is 3.78. The van der Waals surface area contributed by atoms with Crippen molar-refractivity contribution in [3.8, 4) is 0 Å². The standard InChI is InChI=1S/C7H7F5O3/c1-3(5(14)15)4(13)2-6(8,9)7(10,11)12/h3H,2H2,1H3,(H,14,15). The lowest BCUT2D eigenvalue weighted by molar-refractivity contribution is -0.282. The minimum Gasteiger partial charge on any atom is -0.481 e. The topological polar surface area (TPSA) is 54.4 Å². The average molecular weight is 234 g/mol. The fourth-order valence-electron chi connectivity index (χ4n) is 0.610. The second kappa shape index (κ2) is 4.11. The van der Waals surface area contributed by atoms with Crippen LogP contribution in [-0.4, -0.2) is 29.0 Å². The van der Waals surface area contributed by atoms with E-state index in [1.54, 1.807) is 0 Å². The third-order valence-electron chi connectivity index (χ3n) is 1.66. The molecule has 1 atom stereocenters. The summed E-state index contributed by atoms with van der Waals surface area (Å²) < 4.78 is 59.4. The number of rotatable bonds is 4. The van der Waals surface area contributed by atoms with Crippen LogP contribution in [0.15, 0.2) is 0 Å². The highest BCUT2D eigenvalue weighted by Crippen LogP contribution is 2.38. The number of ketones is 1. The molecule has 1 unspecified atom stereocenters. The normalized spacial score (nSPS) is 14.8. The van der Waals surface area contributed by atoms with Crippen molar-refractivity contribution in [2.75, 3.05) is 0 Å². The van der Waals surface area contributed by atoms with Crippen LogP contribution >= 0.6 is 0 Å². The SMILES string of the molecule is CC(C(=O)O)C(=O)CC(F)(F)C(F)(F)F. The first-order valence-electron chi connectivity index (χ1n) is 3.69. The predicted octanol–water partition coefficient (Wildman–Crippen LogP) is 1.86. The number of hydrogen-bond acceptors (Lipinski definition) is 2. The Morgan fingerprint density at radius 3 is 1.87 bits per heavy atom. The zero-order valence-electron chi connectivity index (χ0n) is 7.44. The lowest BCUT2D eigenvalue weighted by atomic mass is 10.0. The summed E-state index contributed by atoms with van der Waals surface area (Å²) in [7, 11) is 0. The van der Waals surface area contributed by atoms with Crippen molar-refractivity contribution in [1.82, 2.24) is 0 Å². The van der Waals surface area contributed by atoms with Crippen LogP contribution in [0.1, 0.15) is 13.3 Å². The Morgan fingerprint density at radius 1 is 1.20 bits per heavy atom. The van der Waals surface area contributed by atoms with Gasteiger partial charge in [-0.3, -0.25) is 9.59 Å². The molecule has 3 nitrogen and oxygen atoms in total. The van der Waals surface area contributed by atoms with Gasteiger partial charge in [0, 0.05) is 0 Å². The fourth-order valence-corrected chi connectivity index (χ4v) is 0.610. The summed E-state index contributed by atoms with van der Waals surface area (Å²) in [5, 5.41) is 8.21. The predicted molar refractivity (Wildman–Crippen MR) is 37.4 cm³/mol. The van der Waals surface area contributed by atoms with Crippen molar-refractivity contribution in [1.29, 1.82) is 0 Å². The monoisotopic (exact) mass is 234 g/mol. The van der Waals surface area contributed by atoms with Crippen LogP contribution in [-0.2, 0) is 9.59 Å². The highest BCUT2D eigenvalue weighted by Gasteiger charge is 2.58. The van der Waals surface area contributed by atoms with E-state index in [0.29, 0.717) is 0 Å². The number of halogens is 5. The van der Waals surface area contributed by atoms with Gasteiger partial charge in [-0.1, -0.05) is 0 Å². The van der Waals surface area contributed by atoms with E-state index in [1.165, 1.54) is 0 Å².